The van der Waals surface area contributed by atoms with Crippen molar-refractivity contribution in [1.82, 2.24) is 4.98 Å². The summed E-state index contributed by atoms with van der Waals surface area (Å²) in [5, 5.41) is 15.1. The van der Waals surface area contributed by atoms with Gasteiger partial charge < -0.3 is 15.2 Å². The molecule has 4 rings (SSSR count). The molecule has 1 aromatic heterocycles. The van der Waals surface area contributed by atoms with Gasteiger partial charge in [0, 0.05) is 23.2 Å². The maximum absolute atomic E-state index is 9.39. The van der Waals surface area contributed by atoms with Crippen molar-refractivity contribution in [3.63, 3.8) is 0 Å². The zero-order chi connectivity index (χ0) is 16.5. The second-order valence-electron chi connectivity index (χ2n) is 6.22. The van der Waals surface area contributed by atoms with Crippen molar-refractivity contribution < 1.29 is 9.84 Å². The molecule has 1 saturated carbocycles. The first-order valence-corrected chi connectivity index (χ1v) is 8.24. The Bertz CT molecular complexity index is 871. The number of benzene rings is 2. The minimum Gasteiger partial charge on any atom is -0.508 e. The summed E-state index contributed by atoms with van der Waals surface area (Å²) in [6.45, 7) is 0.631. The molecule has 1 heterocycles. The molecule has 4 heteroatoms. The Balaban J connectivity index is 1.72. The quantitative estimate of drug-likeness (QED) is 0.730. The first-order valence-electron chi connectivity index (χ1n) is 8.24. The van der Waals surface area contributed by atoms with E-state index in [-0.39, 0.29) is 5.75 Å². The van der Waals surface area contributed by atoms with Crippen LogP contribution in [0.5, 0.6) is 11.5 Å². The molecule has 24 heavy (non-hydrogen) atoms. The number of hydrogen-bond donors (Lipinski definition) is 2. The number of phenolic OH excluding ortho intramolecular Hbond substituents is 1. The number of phenols is 1. The summed E-state index contributed by atoms with van der Waals surface area (Å²) in [7, 11) is 1.69. The molecule has 1 aliphatic carbocycles. The van der Waals surface area contributed by atoms with Crippen molar-refractivity contribution in [2.24, 2.45) is 0 Å². The van der Waals surface area contributed by atoms with E-state index >= 15 is 0 Å². The molecule has 2 aromatic carbocycles. The van der Waals surface area contributed by atoms with Crippen LogP contribution in [-0.4, -0.2) is 17.2 Å². The van der Waals surface area contributed by atoms with Gasteiger partial charge in [-0.05, 0) is 30.5 Å². The standard InChI is InChI=1S/C20H20N2O2/c1-24-19-17-5-3-2-4-16(17)18(14-8-9-14)22-20(19)21-12-13-6-10-15(23)11-7-13/h2-7,10-11,14,23H,8-9,12H2,1H3,(H,21,22). The minimum atomic E-state index is 0.274. The summed E-state index contributed by atoms with van der Waals surface area (Å²) < 4.78 is 5.66. The maximum Gasteiger partial charge on any atom is 0.169 e. The number of nitrogens with one attached hydrogen (secondary N) is 1. The first-order chi connectivity index (χ1) is 11.8. The summed E-state index contributed by atoms with van der Waals surface area (Å²) in [5.74, 6) is 2.41. The molecule has 0 saturated heterocycles. The van der Waals surface area contributed by atoms with Crippen molar-refractivity contribution in [3.8, 4) is 11.5 Å². The number of fused-ring (bicyclic) bond motifs is 1. The molecule has 0 atom stereocenters. The van der Waals surface area contributed by atoms with Crippen LogP contribution in [0.25, 0.3) is 10.8 Å². The zero-order valence-electron chi connectivity index (χ0n) is 13.6. The van der Waals surface area contributed by atoms with Gasteiger partial charge in [0.05, 0.1) is 12.8 Å². The van der Waals surface area contributed by atoms with E-state index in [9.17, 15) is 5.11 Å². The fourth-order valence-corrected chi connectivity index (χ4v) is 3.06. The Hall–Kier alpha value is -2.75. The molecule has 0 unspecified atom stereocenters. The Morgan fingerprint density at radius 3 is 2.46 bits per heavy atom. The van der Waals surface area contributed by atoms with Crippen LogP contribution in [0, 0.1) is 0 Å². The average Bonchev–Trinajstić information content (AvgIpc) is 3.45. The van der Waals surface area contributed by atoms with E-state index in [1.54, 1.807) is 19.2 Å². The predicted octanol–water partition coefficient (Wildman–Crippen LogP) is 4.44. The number of aromatic nitrogens is 1. The third-order valence-corrected chi connectivity index (χ3v) is 4.46. The highest BCUT2D eigenvalue weighted by atomic mass is 16.5. The third-order valence-electron chi connectivity index (χ3n) is 4.46. The highest BCUT2D eigenvalue weighted by molar-refractivity contribution is 5.94. The number of anilines is 1. The van der Waals surface area contributed by atoms with Gasteiger partial charge in [0.25, 0.3) is 0 Å². The molecular weight excluding hydrogens is 300 g/mol. The normalized spacial score (nSPS) is 13.9. The van der Waals surface area contributed by atoms with Crippen LogP contribution in [0.1, 0.15) is 30.0 Å². The SMILES string of the molecule is COc1c(NCc2ccc(O)cc2)nc(C2CC2)c2ccccc12. The number of methoxy groups -OCH3 is 1. The van der Waals surface area contributed by atoms with Gasteiger partial charge in [-0.2, -0.15) is 0 Å². The van der Waals surface area contributed by atoms with Crippen molar-refractivity contribution in [2.75, 3.05) is 12.4 Å². The van der Waals surface area contributed by atoms with E-state index in [0.717, 1.165) is 22.5 Å². The van der Waals surface area contributed by atoms with E-state index in [2.05, 4.69) is 23.5 Å². The topological polar surface area (TPSA) is 54.4 Å². The lowest BCUT2D eigenvalue weighted by Crippen LogP contribution is -2.06. The molecule has 0 spiro atoms. The molecule has 1 aliphatic rings. The van der Waals surface area contributed by atoms with Crippen LogP contribution < -0.4 is 10.1 Å². The fraction of sp³-hybridized carbons (Fsp3) is 0.250. The summed E-state index contributed by atoms with van der Waals surface area (Å²) in [4.78, 5) is 4.88. The highest BCUT2D eigenvalue weighted by Gasteiger charge is 2.28. The molecule has 0 bridgehead atoms. The predicted molar refractivity (Wildman–Crippen MR) is 95.7 cm³/mol. The molecule has 2 N–H and O–H groups in total. The molecule has 1 fully saturated rings. The van der Waals surface area contributed by atoms with Gasteiger partial charge in [-0.3, -0.25) is 0 Å². The largest absolute Gasteiger partial charge is 0.508 e. The Kier molecular flexibility index (Phi) is 3.73. The lowest BCUT2D eigenvalue weighted by molar-refractivity contribution is 0.419. The molecule has 0 aliphatic heterocycles. The highest BCUT2D eigenvalue weighted by Crippen LogP contribution is 2.45. The van der Waals surface area contributed by atoms with Crippen LogP contribution in [0.2, 0.25) is 0 Å². The number of ether oxygens (including phenoxy) is 1. The zero-order valence-corrected chi connectivity index (χ0v) is 13.6. The monoisotopic (exact) mass is 320 g/mol. The molecule has 0 radical (unpaired) electrons. The van der Waals surface area contributed by atoms with E-state index in [1.165, 1.54) is 23.9 Å². The first kappa shape index (κ1) is 14.8. The third kappa shape index (κ3) is 2.75. The number of pyridine rings is 1. The molecule has 3 aromatic rings. The second-order valence-corrected chi connectivity index (χ2v) is 6.22. The Morgan fingerprint density at radius 1 is 1.08 bits per heavy atom. The number of hydrogen-bond acceptors (Lipinski definition) is 4. The van der Waals surface area contributed by atoms with Gasteiger partial charge in [-0.25, -0.2) is 4.98 Å². The van der Waals surface area contributed by atoms with Crippen LogP contribution in [0.4, 0.5) is 5.82 Å². The van der Waals surface area contributed by atoms with Crippen molar-refractivity contribution in [1.29, 1.82) is 0 Å². The van der Waals surface area contributed by atoms with Crippen molar-refractivity contribution in [2.45, 2.75) is 25.3 Å². The Morgan fingerprint density at radius 2 is 1.79 bits per heavy atom. The molecule has 4 nitrogen and oxygen atoms in total. The van der Waals surface area contributed by atoms with Crippen LogP contribution >= 0.6 is 0 Å². The van der Waals surface area contributed by atoms with E-state index in [1.807, 2.05) is 18.2 Å². The van der Waals surface area contributed by atoms with E-state index in [4.69, 9.17) is 9.72 Å². The van der Waals surface area contributed by atoms with Crippen LogP contribution in [0.3, 0.4) is 0 Å². The second kappa shape index (κ2) is 6.04. The lowest BCUT2D eigenvalue weighted by Gasteiger charge is -2.16. The summed E-state index contributed by atoms with van der Waals surface area (Å²) in [6, 6.07) is 15.5. The smallest absolute Gasteiger partial charge is 0.169 e. The van der Waals surface area contributed by atoms with Gasteiger partial charge in [-0.1, -0.05) is 36.4 Å². The number of nitrogens with zero attached hydrogens (tertiary/aromatic N) is 1. The van der Waals surface area contributed by atoms with E-state index < -0.39 is 0 Å². The van der Waals surface area contributed by atoms with Crippen LogP contribution in [-0.2, 0) is 6.54 Å². The lowest BCUT2D eigenvalue weighted by atomic mass is 10.1. The maximum atomic E-state index is 9.39. The summed E-state index contributed by atoms with van der Waals surface area (Å²) >= 11 is 0. The van der Waals surface area contributed by atoms with Gasteiger partial charge in [0.15, 0.2) is 11.6 Å². The fourth-order valence-electron chi connectivity index (χ4n) is 3.06. The number of rotatable bonds is 5. The van der Waals surface area contributed by atoms with Gasteiger partial charge in [0.1, 0.15) is 5.75 Å². The molecule has 122 valence electrons. The summed E-state index contributed by atoms with van der Waals surface area (Å²) in [5.41, 5.74) is 2.25. The van der Waals surface area contributed by atoms with Gasteiger partial charge >= 0.3 is 0 Å². The van der Waals surface area contributed by atoms with E-state index in [0.29, 0.717) is 12.5 Å². The summed E-state index contributed by atoms with van der Waals surface area (Å²) in [6.07, 6.45) is 2.42. The minimum absolute atomic E-state index is 0.274. The number of aromatic hydroxyl groups is 1. The van der Waals surface area contributed by atoms with Crippen molar-refractivity contribution in [3.05, 3.63) is 59.8 Å². The molecule has 0 amide bonds. The van der Waals surface area contributed by atoms with Gasteiger partial charge in [0.2, 0.25) is 0 Å². The van der Waals surface area contributed by atoms with Gasteiger partial charge in [-0.15, -0.1) is 0 Å². The molecular formula is C20H20N2O2. The average molecular weight is 320 g/mol. The van der Waals surface area contributed by atoms with Crippen molar-refractivity contribution >= 4 is 16.6 Å². The van der Waals surface area contributed by atoms with Crippen LogP contribution in [0.15, 0.2) is 48.5 Å². The Labute approximate surface area is 141 Å².